The SMILES string of the molecule is CCCCN1C(=O)C(=C2Sc3ccccc3N2CC)SC1=Nc1cccc(Br)c1. The molecular formula is C22H22BrN3OS2. The molecule has 1 amide bonds. The summed E-state index contributed by atoms with van der Waals surface area (Å²) in [7, 11) is 0. The maximum Gasteiger partial charge on any atom is 0.269 e. The highest BCUT2D eigenvalue weighted by Gasteiger charge is 2.39. The first-order valence-corrected chi connectivity index (χ1v) is 12.2. The van der Waals surface area contributed by atoms with Gasteiger partial charge in [0.1, 0.15) is 9.93 Å². The summed E-state index contributed by atoms with van der Waals surface area (Å²) in [6.07, 6.45) is 1.99. The van der Waals surface area contributed by atoms with Crippen LogP contribution in [0.15, 0.2) is 72.8 Å². The first kappa shape index (κ1) is 20.6. The van der Waals surface area contributed by atoms with Crippen molar-refractivity contribution < 1.29 is 4.79 Å². The molecule has 0 unspecified atom stereocenters. The Labute approximate surface area is 188 Å². The van der Waals surface area contributed by atoms with Crippen LogP contribution in [0.4, 0.5) is 11.4 Å². The second-order valence-corrected chi connectivity index (χ2v) is 9.66. The molecule has 2 aromatic carbocycles. The zero-order chi connectivity index (χ0) is 20.4. The molecule has 0 aliphatic carbocycles. The molecule has 1 fully saturated rings. The van der Waals surface area contributed by atoms with Crippen molar-refractivity contribution in [1.82, 2.24) is 4.90 Å². The maximum absolute atomic E-state index is 13.4. The smallest absolute Gasteiger partial charge is 0.269 e. The van der Waals surface area contributed by atoms with E-state index in [0.717, 1.165) is 44.6 Å². The third kappa shape index (κ3) is 4.13. The molecule has 0 spiro atoms. The number of nitrogens with zero attached hydrogens (tertiary/aromatic N) is 3. The quantitative estimate of drug-likeness (QED) is 0.444. The number of unbranched alkanes of at least 4 members (excludes halogenated alkanes) is 1. The number of carbonyl (C=O) groups is 1. The molecule has 0 atom stereocenters. The number of hydrogen-bond acceptors (Lipinski definition) is 5. The lowest BCUT2D eigenvalue weighted by molar-refractivity contribution is -0.122. The van der Waals surface area contributed by atoms with Gasteiger partial charge in [-0.2, -0.15) is 0 Å². The van der Waals surface area contributed by atoms with Gasteiger partial charge in [0.05, 0.1) is 11.4 Å². The van der Waals surface area contributed by atoms with Crippen molar-refractivity contribution in [1.29, 1.82) is 0 Å². The van der Waals surface area contributed by atoms with Crippen LogP contribution in [0, 0.1) is 0 Å². The average molecular weight is 488 g/mol. The summed E-state index contributed by atoms with van der Waals surface area (Å²) in [5.74, 6) is 0.0611. The van der Waals surface area contributed by atoms with E-state index < -0.39 is 0 Å². The molecule has 2 aliphatic heterocycles. The number of benzene rings is 2. The molecule has 0 bridgehead atoms. The van der Waals surface area contributed by atoms with E-state index in [1.165, 1.54) is 22.3 Å². The van der Waals surface area contributed by atoms with Crippen molar-refractivity contribution in [3.05, 3.63) is 62.9 Å². The number of para-hydroxylation sites is 1. The average Bonchev–Trinajstić information content (AvgIpc) is 3.23. The lowest BCUT2D eigenvalue weighted by Crippen LogP contribution is -2.30. The number of thioether (sulfide) groups is 2. The lowest BCUT2D eigenvalue weighted by Gasteiger charge is -2.19. The third-order valence-electron chi connectivity index (χ3n) is 4.75. The predicted octanol–water partition coefficient (Wildman–Crippen LogP) is 6.61. The second-order valence-electron chi connectivity index (χ2n) is 6.73. The first-order chi connectivity index (χ1) is 14.1. The number of amides is 1. The van der Waals surface area contributed by atoms with Crippen molar-refractivity contribution in [2.24, 2.45) is 4.99 Å². The number of anilines is 1. The minimum Gasteiger partial charge on any atom is -0.334 e. The van der Waals surface area contributed by atoms with E-state index in [4.69, 9.17) is 4.99 Å². The number of carbonyl (C=O) groups excluding carboxylic acids is 1. The summed E-state index contributed by atoms with van der Waals surface area (Å²) < 4.78 is 0.978. The van der Waals surface area contributed by atoms with Gasteiger partial charge < -0.3 is 4.90 Å². The molecular weight excluding hydrogens is 466 g/mol. The standard InChI is InChI=1S/C22H22BrN3OS2/c1-3-5-13-26-20(27)19(29-22(26)24-16-10-8-9-15(23)14-16)21-25(4-2)17-11-6-7-12-18(17)28-21/h6-12,14H,3-5,13H2,1-2H3. The van der Waals surface area contributed by atoms with Gasteiger partial charge in [-0.3, -0.25) is 9.69 Å². The Morgan fingerprint density at radius 3 is 2.62 bits per heavy atom. The molecule has 0 aromatic heterocycles. The van der Waals surface area contributed by atoms with Gasteiger partial charge in [0.2, 0.25) is 0 Å². The van der Waals surface area contributed by atoms with Crippen molar-refractivity contribution in [2.75, 3.05) is 18.0 Å². The molecule has 150 valence electrons. The summed E-state index contributed by atoms with van der Waals surface area (Å²) in [6.45, 7) is 5.78. The van der Waals surface area contributed by atoms with Gasteiger partial charge in [-0.1, -0.05) is 59.2 Å². The van der Waals surface area contributed by atoms with Crippen LogP contribution in [-0.2, 0) is 4.79 Å². The van der Waals surface area contributed by atoms with Crippen LogP contribution < -0.4 is 4.90 Å². The number of fused-ring (bicyclic) bond motifs is 1. The third-order valence-corrected chi connectivity index (χ3v) is 7.62. The number of halogens is 1. The summed E-state index contributed by atoms with van der Waals surface area (Å²) in [5, 5.41) is 1.78. The van der Waals surface area contributed by atoms with Crippen LogP contribution in [0.5, 0.6) is 0 Å². The second kappa shape index (κ2) is 8.98. The molecule has 2 aliphatic rings. The topological polar surface area (TPSA) is 35.9 Å². The largest absolute Gasteiger partial charge is 0.334 e. The van der Waals surface area contributed by atoms with Crippen LogP contribution in [0.2, 0.25) is 0 Å². The summed E-state index contributed by atoms with van der Waals surface area (Å²) in [4.78, 5) is 24.3. The van der Waals surface area contributed by atoms with Gasteiger partial charge in [0.25, 0.3) is 5.91 Å². The first-order valence-electron chi connectivity index (χ1n) is 9.75. The fourth-order valence-corrected chi connectivity index (χ4v) is 6.11. The van der Waals surface area contributed by atoms with E-state index in [-0.39, 0.29) is 5.91 Å². The van der Waals surface area contributed by atoms with Crippen molar-refractivity contribution >= 4 is 61.9 Å². The minimum atomic E-state index is 0.0611. The number of hydrogen-bond donors (Lipinski definition) is 0. The van der Waals surface area contributed by atoms with E-state index >= 15 is 0 Å². The normalized spacial score (nSPS) is 20.1. The maximum atomic E-state index is 13.4. The number of amidine groups is 1. The molecule has 29 heavy (non-hydrogen) atoms. The van der Waals surface area contributed by atoms with Crippen LogP contribution >= 0.6 is 39.5 Å². The highest BCUT2D eigenvalue weighted by atomic mass is 79.9. The Balaban J connectivity index is 1.74. The van der Waals surface area contributed by atoms with E-state index in [1.807, 2.05) is 41.3 Å². The molecule has 4 rings (SSSR count). The molecule has 2 heterocycles. The van der Waals surface area contributed by atoms with E-state index in [2.05, 4.69) is 46.8 Å². The van der Waals surface area contributed by atoms with Gasteiger partial charge in [0, 0.05) is 22.5 Å². The van der Waals surface area contributed by atoms with Crippen LogP contribution in [0.25, 0.3) is 0 Å². The Hall–Kier alpha value is -1.70. The number of rotatable bonds is 5. The monoisotopic (exact) mass is 487 g/mol. The van der Waals surface area contributed by atoms with Crippen LogP contribution in [-0.4, -0.2) is 29.1 Å². The fraction of sp³-hybridized carbons (Fsp3) is 0.273. The summed E-state index contributed by atoms with van der Waals surface area (Å²) in [5.41, 5.74) is 2.02. The zero-order valence-corrected chi connectivity index (χ0v) is 19.6. The molecule has 2 aromatic rings. The van der Waals surface area contributed by atoms with Gasteiger partial charge in [0.15, 0.2) is 5.17 Å². The molecule has 4 nitrogen and oxygen atoms in total. The fourth-order valence-electron chi connectivity index (χ4n) is 3.31. The molecule has 1 saturated heterocycles. The van der Waals surface area contributed by atoms with Gasteiger partial charge >= 0.3 is 0 Å². The Kier molecular flexibility index (Phi) is 6.37. The van der Waals surface area contributed by atoms with Crippen LogP contribution in [0.3, 0.4) is 0 Å². The molecule has 0 saturated carbocycles. The molecule has 0 N–H and O–H groups in total. The van der Waals surface area contributed by atoms with E-state index in [9.17, 15) is 4.79 Å². The Morgan fingerprint density at radius 2 is 1.86 bits per heavy atom. The number of aliphatic imine (C=N–C) groups is 1. The Morgan fingerprint density at radius 1 is 1.03 bits per heavy atom. The highest BCUT2D eigenvalue weighted by Crippen LogP contribution is 2.50. The van der Waals surface area contributed by atoms with E-state index in [1.54, 1.807) is 11.8 Å². The van der Waals surface area contributed by atoms with Crippen LogP contribution in [0.1, 0.15) is 26.7 Å². The van der Waals surface area contributed by atoms with Crippen molar-refractivity contribution in [2.45, 2.75) is 31.6 Å². The Bertz CT molecular complexity index is 1010. The lowest BCUT2D eigenvalue weighted by atomic mass is 10.3. The highest BCUT2D eigenvalue weighted by molar-refractivity contribution is 9.10. The summed E-state index contributed by atoms with van der Waals surface area (Å²) >= 11 is 6.68. The van der Waals surface area contributed by atoms with Gasteiger partial charge in [-0.05, 0) is 55.4 Å². The van der Waals surface area contributed by atoms with Crippen molar-refractivity contribution in [3.8, 4) is 0 Å². The van der Waals surface area contributed by atoms with E-state index in [0.29, 0.717) is 6.54 Å². The summed E-state index contributed by atoms with van der Waals surface area (Å²) in [6, 6.07) is 16.2. The minimum absolute atomic E-state index is 0.0611. The van der Waals surface area contributed by atoms with Crippen molar-refractivity contribution in [3.63, 3.8) is 0 Å². The van der Waals surface area contributed by atoms with Gasteiger partial charge in [-0.25, -0.2) is 4.99 Å². The predicted molar refractivity (Wildman–Crippen MR) is 128 cm³/mol. The van der Waals surface area contributed by atoms with Gasteiger partial charge in [-0.15, -0.1) is 0 Å². The zero-order valence-electron chi connectivity index (χ0n) is 16.4. The molecule has 7 heteroatoms. The molecule has 0 radical (unpaired) electrons.